The van der Waals surface area contributed by atoms with Crippen LogP contribution in [-0.4, -0.2) is 40.9 Å². The van der Waals surface area contributed by atoms with Crippen LogP contribution in [0.2, 0.25) is 5.02 Å². The summed E-state index contributed by atoms with van der Waals surface area (Å²) in [6, 6.07) is 14.9. The second-order valence-corrected chi connectivity index (χ2v) is 8.20. The minimum Gasteiger partial charge on any atom is -0.507 e. The molecule has 1 amide bonds. The number of methoxy groups -OCH3 is 2. The largest absolute Gasteiger partial charge is 0.507 e. The predicted molar refractivity (Wildman–Crippen MR) is 128 cm³/mol. The molecule has 1 aromatic heterocycles. The van der Waals surface area contributed by atoms with Crippen molar-refractivity contribution in [3.63, 3.8) is 0 Å². The molecular formula is C26H23ClN2O5. The number of likely N-dealkylation sites (tertiary alicyclic amines) is 1. The molecule has 1 N–H and O–H groups in total. The highest BCUT2D eigenvalue weighted by Gasteiger charge is 2.47. The Morgan fingerprint density at radius 2 is 1.76 bits per heavy atom. The van der Waals surface area contributed by atoms with Crippen molar-refractivity contribution in [2.24, 2.45) is 0 Å². The Balaban J connectivity index is 1.95. The lowest BCUT2D eigenvalue weighted by atomic mass is 9.92. The van der Waals surface area contributed by atoms with E-state index in [0.29, 0.717) is 11.4 Å². The van der Waals surface area contributed by atoms with Gasteiger partial charge in [-0.3, -0.25) is 14.6 Å². The molecule has 34 heavy (non-hydrogen) atoms. The van der Waals surface area contributed by atoms with Crippen LogP contribution in [0.3, 0.4) is 0 Å². The van der Waals surface area contributed by atoms with E-state index in [-0.39, 0.29) is 34.2 Å². The quantitative estimate of drug-likeness (QED) is 0.314. The van der Waals surface area contributed by atoms with Gasteiger partial charge in [-0.05, 0) is 36.2 Å². The third-order valence-corrected chi connectivity index (χ3v) is 6.11. The Labute approximate surface area is 202 Å². The van der Waals surface area contributed by atoms with Crippen molar-refractivity contribution in [2.45, 2.75) is 19.5 Å². The van der Waals surface area contributed by atoms with E-state index >= 15 is 0 Å². The van der Waals surface area contributed by atoms with Gasteiger partial charge in [-0.25, -0.2) is 0 Å². The van der Waals surface area contributed by atoms with Crippen molar-refractivity contribution in [1.29, 1.82) is 0 Å². The van der Waals surface area contributed by atoms with E-state index in [4.69, 9.17) is 21.1 Å². The first-order valence-corrected chi connectivity index (χ1v) is 10.9. The van der Waals surface area contributed by atoms with Crippen molar-refractivity contribution in [1.82, 2.24) is 9.88 Å². The maximum absolute atomic E-state index is 13.3. The zero-order valence-electron chi connectivity index (χ0n) is 18.9. The summed E-state index contributed by atoms with van der Waals surface area (Å²) in [5, 5.41) is 11.7. The number of pyridine rings is 1. The van der Waals surface area contributed by atoms with Crippen LogP contribution in [0, 0.1) is 6.92 Å². The average molecular weight is 479 g/mol. The highest BCUT2D eigenvalue weighted by Crippen LogP contribution is 2.44. The maximum atomic E-state index is 13.3. The van der Waals surface area contributed by atoms with Gasteiger partial charge in [0.1, 0.15) is 17.3 Å². The van der Waals surface area contributed by atoms with E-state index in [9.17, 15) is 14.7 Å². The van der Waals surface area contributed by atoms with Crippen LogP contribution in [0.4, 0.5) is 0 Å². The van der Waals surface area contributed by atoms with Gasteiger partial charge in [0.2, 0.25) is 0 Å². The number of aromatic nitrogens is 1. The lowest BCUT2D eigenvalue weighted by Gasteiger charge is -2.26. The Bertz CT molecular complexity index is 1290. The molecule has 1 saturated heterocycles. The smallest absolute Gasteiger partial charge is 0.296 e. The van der Waals surface area contributed by atoms with Crippen molar-refractivity contribution >= 4 is 29.1 Å². The Kier molecular flexibility index (Phi) is 6.56. The van der Waals surface area contributed by atoms with E-state index in [1.54, 1.807) is 18.3 Å². The van der Waals surface area contributed by atoms with E-state index in [2.05, 4.69) is 4.98 Å². The summed E-state index contributed by atoms with van der Waals surface area (Å²) < 4.78 is 10.7. The number of aliphatic hydroxyl groups excluding tert-OH is 1. The molecule has 8 heteroatoms. The van der Waals surface area contributed by atoms with Gasteiger partial charge < -0.3 is 19.5 Å². The molecule has 0 saturated carbocycles. The average Bonchev–Trinajstić information content (AvgIpc) is 3.09. The number of hydrogen-bond donors (Lipinski definition) is 1. The predicted octanol–water partition coefficient (Wildman–Crippen LogP) is 4.68. The molecule has 7 nitrogen and oxygen atoms in total. The molecule has 1 aliphatic heterocycles. The third kappa shape index (κ3) is 4.10. The number of benzene rings is 2. The van der Waals surface area contributed by atoms with E-state index < -0.39 is 17.7 Å². The molecule has 4 rings (SSSR count). The zero-order valence-corrected chi connectivity index (χ0v) is 19.7. The van der Waals surface area contributed by atoms with Crippen molar-refractivity contribution in [3.05, 3.63) is 93.8 Å². The number of amides is 1. The fourth-order valence-electron chi connectivity index (χ4n) is 4.12. The molecule has 1 unspecified atom stereocenters. The van der Waals surface area contributed by atoms with Crippen LogP contribution in [0.15, 0.2) is 66.4 Å². The number of aryl methyl sites for hydroxylation is 1. The van der Waals surface area contributed by atoms with Crippen LogP contribution in [-0.2, 0) is 16.1 Å². The van der Waals surface area contributed by atoms with Crippen molar-refractivity contribution < 1.29 is 24.2 Å². The molecule has 0 bridgehead atoms. The van der Waals surface area contributed by atoms with E-state index in [1.165, 1.54) is 31.3 Å². The zero-order chi connectivity index (χ0) is 24.4. The molecule has 0 aliphatic carbocycles. The summed E-state index contributed by atoms with van der Waals surface area (Å²) >= 11 is 6.22. The minimum atomic E-state index is -0.824. The molecule has 1 aliphatic rings. The standard InChI is InChI=1S/C26H23ClN2O5/c1-15-8-4-5-10-17(15)23-22(24(30)18-12-21(34-3)19(27)13-20(18)33-2)25(31)26(32)29(23)14-16-9-6-7-11-28-16/h4-13,23,30H,14H2,1-3H3/b24-22+. The number of nitrogens with zero attached hydrogens (tertiary/aromatic N) is 2. The first-order valence-electron chi connectivity index (χ1n) is 10.5. The van der Waals surface area contributed by atoms with Gasteiger partial charge in [0.05, 0.1) is 48.7 Å². The van der Waals surface area contributed by atoms with Gasteiger partial charge in [0.15, 0.2) is 0 Å². The molecule has 3 aromatic rings. The fraction of sp³-hybridized carbons (Fsp3) is 0.192. The van der Waals surface area contributed by atoms with Gasteiger partial charge in [0.25, 0.3) is 11.7 Å². The van der Waals surface area contributed by atoms with Gasteiger partial charge in [-0.2, -0.15) is 0 Å². The number of ketones is 1. The van der Waals surface area contributed by atoms with Crippen molar-refractivity contribution in [3.8, 4) is 11.5 Å². The first kappa shape index (κ1) is 23.3. The number of carbonyl (C=O) groups is 2. The number of rotatable bonds is 6. The summed E-state index contributed by atoms with van der Waals surface area (Å²) in [7, 11) is 2.87. The summed E-state index contributed by atoms with van der Waals surface area (Å²) in [6.07, 6.45) is 1.62. The monoisotopic (exact) mass is 478 g/mol. The normalized spacial score (nSPS) is 17.2. The Hall–Kier alpha value is -3.84. The van der Waals surface area contributed by atoms with Crippen LogP contribution >= 0.6 is 11.6 Å². The topological polar surface area (TPSA) is 89.0 Å². The Morgan fingerprint density at radius 1 is 1.06 bits per heavy atom. The van der Waals surface area contributed by atoms with E-state index in [0.717, 1.165) is 11.1 Å². The summed E-state index contributed by atoms with van der Waals surface area (Å²) in [5.74, 6) is -1.36. The minimum absolute atomic E-state index is 0.0436. The van der Waals surface area contributed by atoms with Crippen LogP contribution in [0.5, 0.6) is 11.5 Å². The third-order valence-electron chi connectivity index (χ3n) is 5.81. The number of halogens is 1. The molecule has 2 aromatic carbocycles. The molecule has 1 atom stereocenters. The van der Waals surface area contributed by atoms with Gasteiger partial charge >= 0.3 is 0 Å². The number of aliphatic hydroxyl groups is 1. The molecule has 0 spiro atoms. The second-order valence-electron chi connectivity index (χ2n) is 7.79. The highest BCUT2D eigenvalue weighted by atomic mass is 35.5. The van der Waals surface area contributed by atoms with Gasteiger partial charge in [0, 0.05) is 12.3 Å². The summed E-state index contributed by atoms with van der Waals surface area (Å²) in [4.78, 5) is 32.3. The highest BCUT2D eigenvalue weighted by molar-refractivity contribution is 6.46. The molecular weight excluding hydrogens is 456 g/mol. The number of carbonyl (C=O) groups excluding carboxylic acids is 2. The van der Waals surface area contributed by atoms with Crippen LogP contribution < -0.4 is 9.47 Å². The lowest BCUT2D eigenvalue weighted by molar-refractivity contribution is -0.140. The maximum Gasteiger partial charge on any atom is 0.296 e. The molecule has 174 valence electrons. The fourth-order valence-corrected chi connectivity index (χ4v) is 4.35. The van der Waals surface area contributed by atoms with Gasteiger partial charge in [-0.15, -0.1) is 0 Å². The lowest BCUT2D eigenvalue weighted by Crippen LogP contribution is -2.29. The molecule has 0 radical (unpaired) electrons. The number of ether oxygens (including phenoxy) is 2. The van der Waals surface area contributed by atoms with Crippen LogP contribution in [0.1, 0.15) is 28.4 Å². The Morgan fingerprint density at radius 3 is 2.41 bits per heavy atom. The molecule has 2 heterocycles. The van der Waals surface area contributed by atoms with Crippen LogP contribution in [0.25, 0.3) is 5.76 Å². The number of Topliss-reactive ketones (excluding diaryl/α,β-unsaturated/α-hetero) is 1. The first-order chi connectivity index (χ1) is 16.4. The van der Waals surface area contributed by atoms with E-state index in [1.807, 2.05) is 37.3 Å². The second kappa shape index (κ2) is 9.57. The number of hydrogen-bond acceptors (Lipinski definition) is 6. The molecule has 1 fully saturated rings. The summed E-state index contributed by atoms with van der Waals surface area (Å²) in [6.45, 7) is 1.99. The van der Waals surface area contributed by atoms with Crippen molar-refractivity contribution in [2.75, 3.05) is 14.2 Å². The summed E-state index contributed by atoms with van der Waals surface area (Å²) in [5.41, 5.74) is 2.36. The SMILES string of the molecule is COc1cc(/C(O)=C2\C(=O)C(=O)N(Cc3ccccn3)C2c2ccccc2C)c(OC)cc1Cl. The van der Waals surface area contributed by atoms with Gasteiger partial charge in [-0.1, -0.05) is 41.9 Å².